The molecular weight excluding hydrogens is 226 g/mol. The van der Waals surface area contributed by atoms with Gasteiger partial charge in [-0.1, -0.05) is 6.08 Å². The van der Waals surface area contributed by atoms with E-state index in [9.17, 15) is 8.42 Å². The van der Waals surface area contributed by atoms with Crippen molar-refractivity contribution in [1.82, 2.24) is 15.3 Å². The van der Waals surface area contributed by atoms with Crippen LogP contribution in [0.2, 0.25) is 0 Å². The average molecular weight is 239 g/mol. The van der Waals surface area contributed by atoms with E-state index < -0.39 is 9.84 Å². The van der Waals surface area contributed by atoms with Gasteiger partial charge >= 0.3 is 0 Å². The van der Waals surface area contributed by atoms with Gasteiger partial charge in [-0.3, -0.25) is 0 Å². The fourth-order valence-electron chi connectivity index (χ4n) is 1.54. The fraction of sp³-hybridized carbons (Fsp3) is 0.400. The van der Waals surface area contributed by atoms with Crippen LogP contribution in [-0.2, 0) is 16.4 Å². The molecule has 86 valence electrons. The van der Waals surface area contributed by atoms with E-state index in [1.165, 1.54) is 5.41 Å². The summed E-state index contributed by atoms with van der Waals surface area (Å²) >= 11 is 0. The summed E-state index contributed by atoms with van der Waals surface area (Å²) in [5.74, 6) is 0.853. The smallest absolute Gasteiger partial charge is 0.173 e. The van der Waals surface area contributed by atoms with Crippen molar-refractivity contribution in [1.29, 1.82) is 0 Å². The molecule has 0 fully saturated rings. The molecule has 5 nitrogen and oxygen atoms in total. The van der Waals surface area contributed by atoms with E-state index in [4.69, 9.17) is 0 Å². The summed E-state index contributed by atoms with van der Waals surface area (Å²) in [6, 6.07) is 1.70. The Hall–Kier alpha value is -1.27. The minimum absolute atomic E-state index is 0.111. The van der Waals surface area contributed by atoms with Crippen molar-refractivity contribution < 1.29 is 8.42 Å². The first-order valence-electron chi connectivity index (χ1n) is 4.98. The zero-order valence-electron chi connectivity index (χ0n) is 8.92. The highest BCUT2D eigenvalue weighted by atomic mass is 32.2. The molecule has 2 heterocycles. The first-order chi connectivity index (χ1) is 7.55. The van der Waals surface area contributed by atoms with Crippen LogP contribution >= 0.6 is 0 Å². The van der Waals surface area contributed by atoms with Crippen molar-refractivity contribution in [3.8, 4) is 0 Å². The Kier molecular flexibility index (Phi) is 3.02. The summed E-state index contributed by atoms with van der Waals surface area (Å²) in [4.78, 5) is 8.22. The maximum Gasteiger partial charge on any atom is 0.173 e. The third kappa shape index (κ3) is 2.86. The highest BCUT2D eigenvalue weighted by Crippen LogP contribution is 2.08. The standard InChI is InChI=1S/C10H13N3O2S/c1-8-11-4-2-9(13-8)6-12-10-3-5-16(14,15)7-10/h2-5,10,12H,6-7H2,1H3. The van der Waals surface area contributed by atoms with Gasteiger partial charge in [-0.05, 0) is 13.0 Å². The van der Waals surface area contributed by atoms with Gasteiger partial charge in [-0.15, -0.1) is 0 Å². The van der Waals surface area contributed by atoms with Gasteiger partial charge in [0.2, 0.25) is 0 Å². The van der Waals surface area contributed by atoms with E-state index in [2.05, 4.69) is 15.3 Å². The summed E-state index contributed by atoms with van der Waals surface area (Å²) in [6.07, 6.45) is 3.37. The van der Waals surface area contributed by atoms with E-state index in [1.807, 2.05) is 13.0 Å². The van der Waals surface area contributed by atoms with Crippen molar-refractivity contribution in [2.75, 3.05) is 5.75 Å². The van der Waals surface area contributed by atoms with E-state index in [-0.39, 0.29) is 11.8 Å². The van der Waals surface area contributed by atoms with Crippen molar-refractivity contribution in [2.45, 2.75) is 19.5 Å². The van der Waals surface area contributed by atoms with Crippen LogP contribution in [-0.4, -0.2) is 30.2 Å². The molecule has 1 aromatic heterocycles. The average Bonchev–Trinajstić information content (AvgIpc) is 2.56. The van der Waals surface area contributed by atoms with E-state index in [0.717, 1.165) is 5.69 Å². The SMILES string of the molecule is Cc1nccc(CNC2C=CS(=O)(=O)C2)n1. The van der Waals surface area contributed by atoms with Crippen LogP contribution in [0, 0.1) is 6.92 Å². The number of hydrogen-bond acceptors (Lipinski definition) is 5. The lowest BCUT2D eigenvalue weighted by Crippen LogP contribution is -2.29. The van der Waals surface area contributed by atoms with Gasteiger partial charge in [0.25, 0.3) is 0 Å². The predicted octanol–water partition coefficient (Wildman–Crippen LogP) is 0.185. The number of aryl methyl sites for hydroxylation is 1. The lowest BCUT2D eigenvalue weighted by atomic mass is 10.3. The molecule has 0 saturated carbocycles. The Morgan fingerprint density at radius 2 is 2.38 bits per heavy atom. The topological polar surface area (TPSA) is 72.0 Å². The summed E-state index contributed by atoms with van der Waals surface area (Å²) in [5.41, 5.74) is 0.866. The van der Waals surface area contributed by atoms with Gasteiger partial charge in [0.1, 0.15) is 5.82 Å². The van der Waals surface area contributed by atoms with Crippen LogP contribution < -0.4 is 5.32 Å². The summed E-state index contributed by atoms with van der Waals surface area (Å²) in [7, 11) is -2.98. The third-order valence-electron chi connectivity index (χ3n) is 2.31. The van der Waals surface area contributed by atoms with Crippen LogP contribution in [0.1, 0.15) is 11.5 Å². The molecule has 1 atom stereocenters. The molecule has 1 unspecified atom stereocenters. The minimum atomic E-state index is -2.98. The number of hydrogen-bond donors (Lipinski definition) is 1. The van der Waals surface area contributed by atoms with E-state index in [1.54, 1.807) is 12.3 Å². The quantitative estimate of drug-likeness (QED) is 0.815. The predicted molar refractivity (Wildman–Crippen MR) is 60.3 cm³/mol. The minimum Gasteiger partial charge on any atom is -0.304 e. The maximum absolute atomic E-state index is 11.2. The van der Waals surface area contributed by atoms with Crippen LogP contribution in [0.5, 0.6) is 0 Å². The van der Waals surface area contributed by atoms with Gasteiger partial charge < -0.3 is 5.32 Å². The molecule has 2 rings (SSSR count). The van der Waals surface area contributed by atoms with Gasteiger partial charge in [0, 0.05) is 24.2 Å². The van der Waals surface area contributed by atoms with Crippen molar-refractivity contribution >= 4 is 9.84 Å². The molecule has 0 spiro atoms. The molecule has 1 aliphatic heterocycles. The molecule has 0 amide bonds. The summed E-state index contributed by atoms with van der Waals surface area (Å²) in [5, 5.41) is 4.38. The van der Waals surface area contributed by atoms with Gasteiger partial charge in [-0.25, -0.2) is 18.4 Å². The van der Waals surface area contributed by atoms with Crippen LogP contribution in [0.4, 0.5) is 0 Å². The Morgan fingerprint density at radius 3 is 3.00 bits per heavy atom. The van der Waals surface area contributed by atoms with Crippen LogP contribution in [0.15, 0.2) is 23.7 Å². The van der Waals surface area contributed by atoms with Crippen molar-refractivity contribution in [3.63, 3.8) is 0 Å². The van der Waals surface area contributed by atoms with E-state index in [0.29, 0.717) is 12.4 Å². The first-order valence-corrected chi connectivity index (χ1v) is 6.69. The third-order valence-corrected chi connectivity index (χ3v) is 3.70. The normalized spacial score (nSPS) is 22.4. The molecule has 6 heteroatoms. The number of sulfone groups is 1. The zero-order valence-corrected chi connectivity index (χ0v) is 9.74. The molecule has 16 heavy (non-hydrogen) atoms. The van der Waals surface area contributed by atoms with Gasteiger partial charge in [0.15, 0.2) is 9.84 Å². The number of nitrogens with zero attached hydrogens (tertiary/aromatic N) is 2. The van der Waals surface area contributed by atoms with Crippen molar-refractivity contribution in [2.24, 2.45) is 0 Å². The lowest BCUT2D eigenvalue weighted by molar-refractivity contribution is 0.587. The Morgan fingerprint density at radius 1 is 1.56 bits per heavy atom. The second-order valence-corrected chi connectivity index (χ2v) is 5.67. The molecule has 1 aromatic rings. The highest BCUT2D eigenvalue weighted by Gasteiger charge is 2.20. The van der Waals surface area contributed by atoms with Crippen LogP contribution in [0.3, 0.4) is 0 Å². The zero-order chi connectivity index (χ0) is 11.6. The molecular formula is C10H13N3O2S. The molecule has 0 saturated heterocycles. The molecule has 0 bridgehead atoms. The number of aromatic nitrogens is 2. The Balaban J connectivity index is 1.92. The van der Waals surface area contributed by atoms with Crippen molar-refractivity contribution in [3.05, 3.63) is 35.3 Å². The lowest BCUT2D eigenvalue weighted by Gasteiger charge is -2.09. The molecule has 0 aromatic carbocycles. The maximum atomic E-state index is 11.2. The number of nitrogens with one attached hydrogen (secondary N) is 1. The summed E-state index contributed by atoms with van der Waals surface area (Å²) in [6.45, 7) is 2.37. The highest BCUT2D eigenvalue weighted by molar-refractivity contribution is 7.94. The second kappa shape index (κ2) is 4.31. The molecule has 0 radical (unpaired) electrons. The molecule has 0 aliphatic carbocycles. The fourth-order valence-corrected chi connectivity index (χ4v) is 2.81. The Labute approximate surface area is 94.5 Å². The molecule has 1 N–H and O–H groups in total. The second-order valence-electron chi connectivity index (χ2n) is 3.74. The molecule has 1 aliphatic rings. The monoisotopic (exact) mass is 239 g/mol. The Bertz CT molecular complexity index is 511. The largest absolute Gasteiger partial charge is 0.304 e. The van der Waals surface area contributed by atoms with Crippen LogP contribution in [0.25, 0.3) is 0 Å². The summed E-state index contributed by atoms with van der Waals surface area (Å²) < 4.78 is 22.3. The number of rotatable bonds is 3. The first kappa shape index (κ1) is 11.2. The van der Waals surface area contributed by atoms with Gasteiger partial charge in [0.05, 0.1) is 11.4 Å². The van der Waals surface area contributed by atoms with Gasteiger partial charge in [-0.2, -0.15) is 0 Å². The van der Waals surface area contributed by atoms with E-state index >= 15 is 0 Å².